The Hall–Kier alpha value is -2.86. The van der Waals surface area contributed by atoms with Gasteiger partial charge in [-0.05, 0) is 102 Å². The molecule has 2 rings (SSSR count). The Kier molecular flexibility index (Phi) is 13.2. The first kappa shape index (κ1) is 33.3. The number of allylic oxidation sites excluding steroid dienone is 22. The second-order valence-electron chi connectivity index (χ2n) is 13.3. The third-order valence-corrected chi connectivity index (χ3v) is 8.38. The molecule has 216 valence electrons. The lowest BCUT2D eigenvalue weighted by Gasteiger charge is -2.33. The monoisotopic (exact) mass is 536 g/mol. The van der Waals surface area contributed by atoms with Gasteiger partial charge >= 0.3 is 0 Å². The van der Waals surface area contributed by atoms with Gasteiger partial charge in [-0.3, -0.25) is 0 Å². The maximum Gasteiger partial charge on any atom is -0.0104 e. The molecule has 0 saturated carbocycles. The van der Waals surface area contributed by atoms with Crippen molar-refractivity contribution in [3.05, 3.63) is 130 Å². The van der Waals surface area contributed by atoms with Crippen LogP contribution in [0.1, 0.15) is 108 Å². The van der Waals surface area contributed by atoms with Crippen molar-refractivity contribution in [2.24, 2.45) is 10.8 Å². The van der Waals surface area contributed by atoms with Crippen LogP contribution in [0.5, 0.6) is 0 Å². The summed E-state index contributed by atoms with van der Waals surface area (Å²) in [6, 6.07) is 0. The molecule has 0 N–H and O–H groups in total. The molecular weight excluding hydrogens is 480 g/mol. The summed E-state index contributed by atoms with van der Waals surface area (Å²) < 4.78 is 0. The smallest absolute Gasteiger partial charge is 0.0104 e. The molecule has 0 radical (unpaired) electrons. The zero-order chi connectivity index (χ0) is 29.8. The van der Waals surface area contributed by atoms with Crippen molar-refractivity contribution in [1.82, 2.24) is 0 Å². The van der Waals surface area contributed by atoms with Gasteiger partial charge in [0, 0.05) is 0 Å². The Morgan fingerprint density at radius 3 is 1.18 bits per heavy atom. The van der Waals surface area contributed by atoms with Crippen molar-refractivity contribution in [1.29, 1.82) is 0 Å². The summed E-state index contributed by atoms with van der Waals surface area (Å²) in [6.45, 7) is 22.7. The fourth-order valence-corrected chi connectivity index (χ4v) is 5.79. The van der Waals surface area contributed by atoms with Crippen LogP contribution in [0.3, 0.4) is 0 Å². The summed E-state index contributed by atoms with van der Waals surface area (Å²) in [6.07, 6.45) is 38.4. The molecule has 0 saturated heterocycles. The minimum atomic E-state index is 0.291. The highest BCUT2D eigenvalue weighted by molar-refractivity contribution is 5.39. The molecule has 0 heteroatoms. The molecular formula is C40H56. The largest absolute Gasteiger partial charge is 0.0696 e. The van der Waals surface area contributed by atoms with Gasteiger partial charge in [-0.1, -0.05) is 146 Å². The van der Waals surface area contributed by atoms with Gasteiger partial charge in [-0.2, -0.15) is 0 Å². The molecule has 40 heavy (non-hydrogen) atoms. The van der Waals surface area contributed by atoms with E-state index in [-0.39, 0.29) is 0 Å². The lowest BCUT2D eigenvalue weighted by molar-refractivity contribution is 0.376. The van der Waals surface area contributed by atoms with Crippen LogP contribution >= 0.6 is 0 Å². The normalized spacial score (nSPS) is 21.9. The van der Waals surface area contributed by atoms with Crippen LogP contribution in [-0.4, -0.2) is 0 Å². The maximum atomic E-state index is 2.37. The minimum absolute atomic E-state index is 0.291. The number of hydrogen-bond donors (Lipinski definition) is 0. The Morgan fingerprint density at radius 2 is 0.825 bits per heavy atom. The molecule has 0 aromatic rings. The fraction of sp³-hybridized carbons (Fsp3) is 0.450. The molecule has 0 aromatic carbocycles. The summed E-state index contributed by atoms with van der Waals surface area (Å²) in [5.41, 5.74) is 11.7. The van der Waals surface area contributed by atoms with Crippen molar-refractivity contribution in [3.63, 3.8) is 0 Å². The van der Waals surface area contributed by atoms with Gasteiger partial charge < -0.3 is 0 Å². The summed E-state index contributed by atoms with van der Waals surface area (Å²) in [5.74, 6) is 0. The molecule has 0 atom stereocenters. The Labute approximate surface area is 247 Å². The van der Waals surface area contributed by atoms with E-state index in [2.05, 4.69) is 154 Å². The zero-order valence-corrected chi connectivity index (χ0v) is 27.3. The number of rotatable bonds is 10. The second kappa shape index (κ2) is 15.8. The SMILES string of the molecule is CC1=C(/C=C/C(C)=C\C=C\C(C)=C/C=C/C=C(C)\C=C\C=C(C)\C=C\C2=C(C)CCCC2(C)C)C(C)(C)CCC1. The van der Waals surface area contributed by atoms with Crippen LogP contribution in [0.4, 0.5) is 0 Å². The van der Waals surface area contributed by atoms with Crippen LogP contribution in [0, 0.1) is 10.8 Å². The second-order valence-corrected chi connectivity index (χ2v) is 13.3. The van der Waals surface area contributed by atoms with Gasteiger partial charge in [0.15, 0.2) is 0 Å². The average molecular weight is 537 g/mol. The molecule has 0 aromatic heterocycles. The van der Waals surface area contributed by atoms with E-state index >= 15 is 0 Å². The van der Waals surface area contributed by atoms with Gasteiger partial charge in [-0.15, -0.1) is 0 Å². The molecule has 2 aliphatic rings. The predicted octanol–water partition coefficient (Wildman–Crippen LogP) is 12.6. The van der Waals surface area contributed by atoms with Crippen LogP contribution in [0.15, 0.2) is 130 Å². The lowest BCUT2D eigenvalue weighted by Crippen LogP contribution is -2.19. The van der Waals surface area contributed by atoms with Crippen LogP contribution in [0.25, 0.3) is 0 Å². The van der Waals surface area contributed by atoms with E-state index in [0.29, 0.717) is 10.8 Å². The standard InChI is InChI=1S/C40H56/c1-31(19-13-21-33(3)25-27-37-35(5)23-15-29-39(37,7)8)17-11-12-18-32(2)20-14-22-34(4)26-28-38-36(6)24-16-30-40(38,9)10/h11-14,17-22,25-28H,15-16,23-24,29-30H2,1-10H3/b12-11+,19-13+,20-14+,27-25+,28-26+,31-17-,32-18-,33-21-,34-22+. The third-order valence-electron chi connectivity index (χ3n) is 8.38. The fourth-order valence-electron chi connectivity index (χ4n) is 5.79. The number of hydrogen-bond acceptors (Lipinski definition) is 0. The first-order chi connectivity index (χ1) is 18.8. The highest BCUT2D eigenvalue weighted by atomic mass is 14.3. The molecule has 0 heterocycles. The van der Waals surface area contributed by atoms with Crippen molar-refractivity contribution < 1.29 is 0 Å². The minimum Gasteiger partial charge on any atom is -0.0696 e. The molecule has 0 fully saturated rings. The molecule has 2 aliphatic carbocycles. The van der Waals surface area contributed by atoms with Crippen LogP contribution < -0.4 is 0 Å². The van der Waals surface area contributed by atoms with Crippen LogP contribution in [0.2, 0.25) is 0 Å². The Bertz CT molecular complexity index is 1120. The van der Waals surface area contributed by atoms with Crippen LogP contribution in [-0.2, 0) is 0 Å². The Morgan fingerprint density at radius 1 is 0.500 bits per heavy atom. The molecule has 0 amide bonds. The first-order valence-electron chi connectivity index (χ1n) is 15.3. The van der Waals surface area contributed by atoms with Gasteiger partial charge in [-0.25, -0.2) is 0 Å². The van der Waals surface area contributed by atoms with Crippen molar-refractivity contribution >= 4 is 0 Å². The molecule has 0 unspecified atom stereocenters. The summed E-state index contributed by atoms with van der Waals surface area (Å²) in [5, 5.41) is 0. The average Bonchev–Trinajstić information content (AvgIpc) is 2.85. The van der Waals surface area contributed by atoms with E-state index in [1.54, 1.807) is 11.1 Å². The predicted molar refractivity (Wildman–Crippen MR) is 181 cm³/mol. The quantitative estimate of drug-likeness (QED) is 0.244. The topological polar surface area (TPSA) is 0 Å². The highest BCUT2D eigenvalue weighted by Gasteiger charge is 2.27. The maximum absolute atomic E-state index is 2.37. The van der Waals surface area contributed by atoms with Crippen molar-refractivity contribution in [3.8, 4) is 0 Å². The van der Waals surface area contributed by atoms with Crippen molar-refractivity contribution in [2.75, 3.05) is 0 Å². The zero-order valence-electron chi connectivity index (χ0n) is 27.3. The summed E-state index contributed by atoms with van der Waals surface area (Å²) in [7, 11) is 0. The van der Waals surface area contributed by atoms with E-state index < -0.39 is 0 Å². The van der Waals surface area contributed by atoms with E-state index in [1.165, 1.54) is 72.0 Å². The molecule has 0 nitrogen and oxygen atoms in total. The summed E-state index contributed by atoms with van der Waals surface area (Å²) in [4.78, 5) is 0. The molecule has 0 bridgehead atoms. The van der Waals surface area contributed by atoms with E-state index in [4.69, 9.17) is 0 Å². The van der Waals surface area contributed by atoms with Gasteiger partial charge in [0.1, 0.15) is 0 Å². The van der Waals surface area contributed by atoms with Crippen molar-refractivity contribution in [2.45, 2.75) is 108 Å². The first-order valence-corrected chi connectivity index (χ1v) is 15.3. The lowest BCUT2D eigenvalue weighted by atomic mass is 9.72. The van der Waals surface area contributed by atoms with E-state index in [0.717, 1.165) is 0 Å². The van der Waals surface area contributed by atoms with Gasteiger partial charge in [0.2, 0.25) is 0 Å². The Balaban J connectivity index is 1.89. The molecule has 0 aliphatic heterocycles. The highest BCUT2D eigenvalue weighted by Crippen LogP contribution is 2.41. The van der Waals surface area contributed by atoms with Gasteiger partial charge in [0.25, 0.3) is 0 Å². The van der Waals surface area contributed by atoms with E-state index in [1.807, 2.05) is 0 Å². The molecule has 0 spiro atoms. The van der Waals surface area contributed by atoms with Gasteiger partial charge in [0.05, 0.1) is 0 Å². The summed E-state index contributed by atoms with van der Waals surface area (Å²) >= 11 is 0. The van der Waals surface area contributed by atoms with E-state index in [9.17, 15) is 0 Å². The third kappa shape index (κ3) is 11.3.